The molecule has 0 bridgehead atoms. The number of aliphatic carboxylic acids is 1. The highest BCUT2D eigenvalue weighted by Crippen LogP contribution is 2.28. The predicted octanol–water partition coefficient (Wildman–Crippen LogP) is 3.56. The first-order valence-electron chi connectivity index (χ1n) is 7.08. The van der Waals surface area contributed by atoms with E-state index in [1.54, 1.807) is 13.8 Å². The molecule has 2 atom stereocenters. The molecule has 0 aliphatic carbocycles. The number of carbonyl (C=O) groups is 2. The molecule has 0 aliphatic heterocycles. The third kappa shape index (κ3) is 3.54. The average Bonchev–Trinajstić information content (AvgIpc) is 2.96. The zero-order valence-corrected chi connectivity index (χ0v) is 13.6. The van der Waals surface area contributed by atoms with Crippen LogP contribution in [0, 0.1) is 12.8 Å². The number of carboxylic acids is 1. The molecule has 2 N–H and O–H groups in total. The van der Waals surface area contributed by atoms with Gasteiger partial charge in [-0.3, -0.25) is 9.59 Å². The average molecular weight is 317 g/mol. The van der Waals surface area contributed by atoms with Crippen LogP contribution in [0.3, 0.4) is 0 Å². The Morgan fingerprint density at radius 2 is 1.77 bits per heavy atom. The van der Waals surface area contributed by atoms with Crippen molar-refractivity contribution in [1.82, 2.24) is 5.32 Å². The van der Waals surface area contributed by atoms with Gasteiger partial charge >= 0.3 is 5.97 Å². The number of nitrogens with one attached hydrogen (secondary N) is 1. The topological polar surface area (TPSA) is 66.4 Å². The third-order valence-corrected chi connectivity index (χ3v) is 4.65. The smallest absolute Gasteiger partial charge is 0.308 e. The van der Waals surface area contributed by atoms with Crippen molar-refractivity contribution in [2.75, 3.05) is 0 Å². The highest BCUT2D eigenvalue weighted by molar-refractivity contribution is 7.12. The van der Waals surface area contributed by atoms with Crippen LogP contribution in [0.25, 0.3) is 11.1 Å². The minimum Gasteiger partial charge on any atom is -0.481 e. The summed E-state index contributed by atoms with van der Waals surface area (Å²) in [6.45, 7) is 5.30. The number of aryl methyl sites for hydroxylation is 1. The van der Waals surface area contributed by atoms with Gasteiger partial charge in [-0.2, -0.15) is 0 Å². The zero-order chi connectivity index (χ0) is 16.3. The Balaban J connectivity index is 2.20. The van der Waals surface area contributed by atoms with Crippen molar-refractivity contribution in [2.45, 2.75) is 26.8 Å². The lowest BCUT2D eigenvalue weighted by atomic mass is 10.0. The fourth-order valence-electron chi connectivity index (χ4n) is 2.06. The molecule has 1 aromatic heterocycles. The Kier molecular flexibility index (Phi) is 4.98. The van der Waals surface area contributed by atoms with E-state index in [1.165, 1.54) is 11.3 Å². The lowest BCUT2D eigenvalue weighted by Crippen LogP contribution is -2.39. The largest absolute Gasteiger partial charge is 0.481 e. The monoisotopic (exact) mass is 317 g/mol. The van der Waals surface area contributed by atoms with Crippen LogP contribution in [-0.2, 0) is 4.79 Å². The van der Waals surface area contributed by atoms with E-state index >= 15 is 0 Å². The quantitative estimate of drug-likeness (QED) is 0.886. The van der Waals surface area contributed by atoms with Crippen LogP contribution in [0.4, 0.5) is 0 Å². The van der Waals surface area contributed by atoms with E-state index in [-0.39, 0.29) is 5.91 Å². The van der Waals surface area contributed by atoms with E-state index < -0.39 is 17.9 Å². The van der Waals surface area contributed by atoms with Gasteiger partial charge in [0.05, 0.1) is 10.8 Å². The van der Waals surface area contributed by atoms with Crippen molar-refractivity contribution in [2.24, 2.45) is 5.92 Å². The molecule has 0 radical (unpaired) electrons. The fourth-order valence-corrected chi connectivity index (χ4v) is 2.88. The summed E-state index contributed by atoms with van der Waals surface area (Å²) in [6, 6.07) is 9.45. The molecular formula is C17H19NO3S. The van der Waals surface area contributed by atoms with Crippen molar-refractivity contribution in [1.29, 1.82) is 0 Å². The van der Waals surface area contributed by atoms with Gasteiger partial charge in [-0.1, -0.05) is 29.8 Å². The maximum absolute atomic E-state index is 12.4. The summed E-state index contributed by atoms with van der Waals surface area (Å²) >= 11 is 1.36. The molecule has 2 unspecified atom stereocenters. The number of benzene rings is 1. The molecule has 1 heterocycles. The first-order chi connectivity index (χ1) is 10.4. The summed E-state index contributed by atoms with van der Waals surface area (Å²) in [5, 5.41) is 13.7. The van der Waals surface area contributed by atoms with E-state index in [2.05, 4.69) is 5.32 Å². The second kappa shape index (κ2) is 6.75. The van der Waals surface area contributed by atoms with Gasteiger partial charge in [-0.25, -0.2) is 0 Å². The molecule has 0 saturated heterocycles. The highest BCUT2D eigenvalue weighted by Gasteiger charge is 2.23. The van der Waals surface area contributed by atoms with Gasteiger partial charge in [0.25, 0.3) is 5.91 Å². The summed E-state index contributed by atoms with van der Waals surface area (Å²) in [6.07, 6.45) is 0. The predicted molar refractivity (Wildman–Crippen MR) is 88.2 cm³/mol. The summed E-state index contributed by atoms with van der Waals surface area (Å²) in [5.41, 5.74) is 3.02. The van der Waals surface area contributed by atoms with Crippen molar-refractivity contribution >= 4 is 23.2 Å². The second-order valence-electron chi connectivity index (χ2n) is 5.42. The molecule has 2 rings (SSSR count). The Labute approximate surface area is 133 Å². The van der Waals surface area contributed by atoms with Crippen molar-refractivity contribution < 1.29 is 14.7 Å². The first kappa shape index (κ1) is 16.2. The van der Waals surface area contributed by atoms with Crippen molar-refractivity contribution in [3.8, 4) is 11.1 Å². The van der Waals surface area contributed by atoms with Crippen LogP contribution in [0.5, 0.6) is 0 Å². The number of carbonyl (C=O) groups excluding carboxylic acids is 1. The van der Waals surface area contributed by atoms with Crippen molar-refractivity contribution in [3.63, 3.8) is 0 Å². The Morgan fingerprint density at radius 3 is 2.36 bits per heavy atom. The summed E-state index contributed by atoms with van der Waals surface area (Å²) in [4.78, 5) is 24.0. The molecule has 0 aliphatic rings. The molecule has 1 aromatic carbocycles. The van der Waals surface area contributed by atoms with Crippen LogP contribution in [0.1, 0.15) is 29.1 Å². The maximum atomic E-state index is 12.4. The second-order valence-corrected chi connectivity index (χ2v) is 6.33. The summed E-state index contributed by atoms with van der Waals surface area (Å²) < 4.78 is 0. The molecule has 22 heavy (non-hydrogen) atoms. The molecule has 0 saturated carbocycles. The first-order valence-corrected chi connectivity index (χ1v) is 7.96. The number of thiophene rings is 1. The van der Waals surface area contributed by atoms with E-state index in [1.807, 2.05) is 42.6 Å². The lowest BCUT2D eigenvalue weighted by molar-refractivity contribution is -0.141. The van der Waals surface area contributed by atoms with Crippen LogP contribution in [0.15, 0.2) is 35.7 Å². The third-order valence-electron chi connectivity index (χ3n) is 3.73. The number of amides is 1. The SMILES string of the molecule is Cc1ccc(-c2ccsc2C(=O)NC(C)C(C)C(=O)O)cc1. The molecule has 0 fully saturated rings. The standard InChI is InChI=1S/C17H19NO3S/c1-10-4-6-13(7-5-10)14-8-9-22-15(14)16(19)18-12(3)11(2)17(20)21/h4-9,11-12H,1-3H3,(H,18,19)(H,20,21). The molecule has 1 amide bonds. The number of hydrogen-bond donors (Lipinski definition) is 2. The zero-order valence-electron chi connectivity index (χ0n) is 12.8. The van der Waals surface area contributed by atoms with Crippen molar-refractivity contribution in [3.05, 3.63) is 46.2 Å². The number of hydrogen-bond acceptors (Lipinski definition) is 3. The van der Waals surface area contributed by atoms with Crippen LogP contribution < -0.4 is 5.32 Å². The van der Waals surface area contributed by atoms with E-state index in [4.69, 9.17) is 5.11 Å². The fraction of sp³-hybridized carbons (Fsp3) is 0.294. The van der Waals surface area contributed by atoms with Crippen LogP contribution in [0.2, 0.25) is 0 Å². The molecule has 5 heteroatoms. The van der Waals surface area contributed by atoms with Gasteiger partial charge in [0, 0.05) is 11.6 Å². The molecule has 4 nitrogen and oxygen atoms in total. The maximum Gasteiger partial charge on any atom is 0.308 e. The molecule has 2 aromatic rings. The Hall–Kier alpha value is -2.14. The van der Waals surface area contributed by atoms with E-state index in [0.717, 1.165) is 16.7 Å². The van der Waals surface area contributed by atoms with Gasteiger partial charge in [-0.15, -0.1) is 11.3 Å². The normalized spacial score (nSPS) is 13.4. The Morgan fingerprint density at radius 1 is 1.14 bits per heavy atom. The minimum atomic E-state index is -0.919. The Bertz CT molecular complexity index is 675. The van der Waals surface area contributed by atoms with E-state index in [9.17, 15) is 9.59 Å². The molecule has 0 spiro atoms. The molecular weight excluding hydrogens is 298 g/mol. The lowest BCUT2D eigenvalue weighted by Gasteiger charge is -2.17. The molecule has 116 valence electrons. The highest BCUT2D eigenvalue weighted by atomic mass is 32.1. The van der Waals surface area contributed by atoms with Crippen LogP contribution in [-0.4, -0.2) is 23.0 Å². The van der Waals surface area contributed by atoms with E-state index in [0.29, 0.717) is 4.88 Å². The van der Waals surface area contributed by atoms with Crippen LogP contribution >= 0.6 is 11.3 Å². The van der Waals surface area contributed by atoms with Gasteiger partial charge in [0.1, 0.15) is 0 Å². The number of rotatable bonds is 5. The summed E-state index contributed by atoms with van der Waals surface area (Å²) in [5.74, 6) is -1.78. The van der Waals surface area contributed by atoms with Gasteiger partial charge < -0.3 is 10.4 Å². The minimum absolute atomic E-state index is 0.230. The van der Waals surface area contributed by atoms with Gasteiger partial charge in [-0.05, 0) is 37.8 Å². The van der Waals surface area contributed by atoms with Gasteiger partial charge in [0.2, 0.25) is 0 Å². The van der Waals surface area contributed by atoms with Gasteiger partial charge in [0.15, 0.2) is 0 Å². The summed E-state index contributed by atoms with van der Waals surface area (Å²) in [7, 11) is 0. The number of carboxylic acid groups (broad SMARTS) is 1.